The molecule has 0 radical (unpaired) electrons. The van der Waals surface area contributed by atoms with Crippen LogP contribution in [0.3, 0.4) is 0 Å². The molecule has 1 aromatic rings. The largest absolute Gasteiger partial charge is 0.495 e. The number of anilines is 2. The van der Waals surface area contributed by atoms with E-state index in [-0.39, 0.29) is 5.82 Å². The van der Waals surface area contributed by atoms with Gasteiger partial charge in [0, 0.05) is 23.9 Å². The first kappa shape index (κ1) is 13.3. The second kappa shape index (κ2) is 6.18. The average molecular weight is 270 g/mol. The Morgan fingerprint density at radius 3 is 3.00 bits per heavy atom. The smallest absolute Gasteiger partial charge is 0.148 e. The number of hydrogen-bond donors (Lipinski definition) is 2. The van der Waals surface area contributed by atoms with Gasteiger partial charge in [-0.1, -0.05) is 6.42 Å². The Hall–Kier alpha value is -1.10. The van der Waals surface area contributed by atoms with Crippen LogP contribution in [0.4, 0.5) is 15.8 Å². The summed E-state index contributed by atoms with van der Waals surface area (Å²) in [5.74, 6) is 1.39. The van der Waals surface area contributed by atoms with Crippen molar-refractivity contribution in [2.45, 2.75) is 24.5 Å². The Labute approximate surface area is 111 Å². The number of halogens is 1. The Morgan fingerprint density at radius 1 is 1.50 bits per heavy atom. The summed E-state index contributed by atoms with van der Waals surface area (Å²) in [6.45, 7) is 0.786. The minimum absolute atomic E-state index is 0.325. The molecule has 2 rings (SSSR count). The molecule has 1 unspecified atom stereocenters. The van der Waals surface area contributed by atoms with Gasteiger partial charge in [0.05, 0.1) is 18.5 Å². The van der Waals surface area contributed by atoms with Crippen LogP contribution in [-0.2, 0) is 0 Å². The summed E-state index contributed by atoms with van der Waals surface area (Å²) >= 11 is 1.96. The lowest BCUT2D eigenvalue weighted by atomic mass is 10.2. The van der Waals surface area contributed by atoms with E-state index in [0.29, 0.717) is 22.4 Å². The molecule has 3 N–H and O–H groups in total. The van der Waals surface area contributed by atoms with Crippen LogP contribution in [0.25, 0.3) is 0 Å². The van der Waals surface area contributed by atoms with Gasteiger partial charge >= 0.3 is 0 Å². The third kappa shape index (κ3) is 3.22. The number of methoxy groups -OCH3 is 1. The molecule has 1 aliphatic rings. The molecule has 0 amide bonds. The van der Waals surface area contributed by atoms with E-state index in [4.69, 9.17) is 10.5 Å². The van der Waals surface area contributed by atoms with E-state index in [1.54, 1.807) is 6.07 Å². The van der Waals surface area contributed by atoms with Crippen LogP contribution in [0, 0.1) is 5.82 Å². The van der Waals surface area contributed by atoms with Crippen molar-refractivity contribution < 1.29 is 9.13 Å². The maximum atomic E-state index is 13.7. The number of ether oxygens (including phenoxy) is 1. The molecule has 1 aromatic carbocycles. The van der Waals surface area contributed by atoms with Gasteiger partial charge in [-0.3, -0.25) is 0 Å². The van der Waals surface area contributed by atoms with E-state index in [9.17, 15) is 4.39 Å². The van der Waals surface area contributed by atoms with Crippen molar-refractivity contribution in [1.29, 1.82) is 0 Å². The number of thioether (sulfide) groups is 1. The summed E-state index contributed by atoms with van der Waals surface area (Å²) in [4.78, 5) is 0. The number of nitrogens with one attached hydrogen (secondary N) is 1. The molecule has 1 saturated heterocycles. The third-order valence-electron chi connectivity index (χ3n) is 3.11. The first-order chi connectivity index (χ1) is 8.70. The average Bonchev–Trinajstić information content (AvgIpc) is 2.39. The maximum absolute atomic E-state index is 13.7. The van der Waals surface area contributed by atoms with Crippen LogP contribution in [0.1, 0.15) is 19.3 Å². The summed E-state index contributed by atoms with van der Waals surface area (Å²) in [6, 6.07) is 2.92. The molecule has 1 heterocycles. The SMILES string of the molecule is COc1cc(NCC2CCCCS2)c(F)cc1N. The molecule has 18 heavy (non-hydrogen) atoms. The number of rotatable bonds is 4. The fraction of sp³-hybridized carbons (Fsp3) is 0.538. The second-order valence-corrected chi connectivity index (χ2v) is 5.85. The fourth-order valence-electron chi connectivity index (χ4n) is 2.07. The molecule has 0 saturated carbocycles. The highest BCUT2D eigenvalue weighted by atomic mass is 32.2. The highest BCUT2D eigenvalue weighted by Gasteiger charge is 2.15. The topological polar surface area (TPSA) is 47.3 Å². The van der Waals surface area contributed by atoms with Crippen LogP contribution in [0.5, 0.6) is 5.75 Å². The van der Waals surface area contributed by atoms with Gasteiger partial charge in [0.1, 0.15) is 11.6 Å². The summed E-state index contributed by atoms with van der Waals surface area (Å²) < 4.78 is 18.8. The van der Waals surface area contributed by atoms with Crippen molar-refractivity contribution in [2.75, 3.05) is 30.5 Å². The van der Waals surface area contributed by atoms with Crippen molar-refractivity contribution in [2.24, 2.45) is 0 Å². The minimum atomic E-state index is -0.325. The first-order valence-electron chi connectivity index (χ1n) is 6.19. The lowest BCUT2D eigenvalue weighted by Crippen LogP contribution is -2.20. The Bertz CT molecular complexity index is 408. The molecule has 0 spiro atoms. The van der Waals surface area contributed by atoms with Gasteiger partial charge in [-0.15, -0.1) is 0 Å². The Kier molecular flexibility index (Phi) is 4.58. The molecule has 5 heteroatoms. The normalized spacial score (nSPS) is 19.6. The highest BCUT2D eigenvalue weighted by Crippen LogP contribution is 2.30. The van der Waals surface area contributed by atoms with Crippen LogP contribution in [0.2, 0.25) is 0 Å². The fourth-order valence-corrected chi connectivity index (χ4v) is 3.31. The van der Waals surface area contributed by atoms with Crippen LogP contribution < -0.4 is 15.8 Å². The van der Waals surface area contributed by atoms with E-state index >= 15 is 0 Å². The van der Waals surface area contributed by atoms with Crippen LogP contribution >= 0.6 is 11.8 Å². The quantitative estimate of drug-likeness (QED) is 0.825. The zero-order valence-corrected chi connectivity index (χ0v) is 11.4. The molecule has 100 valence electrons. The van der Waals surface area contributed by atoms with Crippen molar-refractivity contribution >= 4 is 23.1 Å². The summed E-state index contributed by atoms with van der Waals surface area (Å²) in [5.41, 5.74) is 6.43. The Morgan fingerprint density at radius 2 is 2.33 bits per heavy atom. The van der Waals surface area contributed by atoms with E-state index in [2.05, 4.69) is 5.32 Å². The van der Waals surface area contributed by atoms with Gasteiger partial charge in [0.25, 0.3) is 0 Å². The van der Waals surface area contributed by atoms with Crippen molar-refractivity contribution in [1.82, 2.24) is 0 Å². The summed E-state index contributed by atoms with van der Waals surface area (Å²) in [5, 5.41) is 3.72. The van der Waals surface area contributed by atoms with Crippen molar-refractivity contribution in [3.05, 3.63) is 17.9 Å². The lowest BCUT2D eigenvalue weighted by molar-refractivity contribution is 0.416. The predicted molar refractivity (Wildman–Crippen MR) is 76.0 cm³/mol. The van der Waals surface area contributed by atoms with E-state index in [0.717, 1.165) is 6.54 Å². The second-order valence-electron chi connectivity index (χ2n) is 4.44. The third-order valence-corrected chi connectivity index (χ3v) is 4.51. The first-order valence-corrected chi connectivity index (χ1v) is 7.24. The van der Waals surface area contributed by atoms with Gasteiger partial charge in [-0.2, -0.15) is 11.8 Å². The summed E-state index contributed by atoms with van der Waals surface area (Å²) in [6.07, 6.45) is 3.77. The van der Waals surface area contributed by atoms with E-state index in [1.807, 2.05) is 11.8 Å². The van der Waals surface area contributed by atoms with Gasteiger partial charge in [0.15, 0.2) is 0 Å². The predicted octanol–water partition coefficient (Wildman–Crippen LogP) is 3.11. The molecule has 0 aliphatic carbocycles. The molecule has 1 aliphatic heterocycles. The standard InChI is InChI=1S/C13H19FN2OS/c1-17-13-7-12(10(14)6-11(13)15)16-8-9-4-2-3-5-18-9/h6-7,9,16H,2-5,8,15H2,1H3. The molecule has 0 aromatic heterocycles. The summed E-state index contributed by atoms with van der Waals surface area (Å²) in [7, 11) is 1.53. The minimum Gasteiger partial charge on any atom is -0.495 e. The van der Waals surface area contributed by atoms with Crippen molar-refractivity contribution in [3.63, 3.8) is 0 Å². The molecular weight excluding hydrogens is 251 g/mol. The van der Waals surface area contributed by atoms with Gasteiger partial charge in [0.2, 0.25) is 0 Å². The molecule has 3 nitrogen and oxygen atoms in total. The number of benzene rings is 1. The molecule has 0 bridgehead atoms. The van der Waals surface area contributed by atoms with Crippen LogP contribution in [-0.4, -0.2) is 24.7 Å². The monoisotopic (exact) mass is 270 g/mol. The van der Waals surface area contributed by atoms with E-state index in [1.165, 1.54) is 38.2 Å². The number of nitrogen functional groups attached to an aromatic ring is 1. The maximum Gasteiger partial charge on any atom is 0.148 e. The Balaban J connectivity index is 1.99. The van der Waals surface area contributed by atoms with Gasteiger partial charge < -0.3 is 15.8 Å². The zero-order chi connectivity index (χ0) is 13.0. The molecular formula is C13H19FN2OS. The van der Waals surface area contributed by atoms with Crippen molar-refractivity contribution in [3.8, 4) is 5.75 Å². The van der Waals surface area contributed by atoms with Gasteiger partial charge in [-0.05, 0) is 18.6 Å². The van der Waals surface area contributed by atoms with Gasteiger partial charge in [-0.25, -0.2) is 4.39 Å². The lowest BCUT2D eigenvalue weighted by Gasteiger charge is -2.22. The highest BCUT2D eigenvalue weighted by molar-refractivity contribution is 7.99. The number of hydrogen-bond acceptors (Lipinski definition) is 4. The zero-order valence-electron chi connectivity index (χ0n) is 10.5. The van der Waals surface area contributed by atoms with Crippen LogP contribution in [0.15, 0.2) is 12.1 Å². The van der Waals surface area contributed by atoms with E-state index < -0.39 is 0 Å². The number of nitrogens with two attached hydrogens (primary N) is 1. The molecule has 1 fully saturated rings. The molecule has 1 atom stereocenters.